The molecule has 0 atom stereocenters. The summed E-state index contributed by atoms with van der Waals surface area (Å²) in [7, 11) is 0. The van der Waals surface area contributed by atoms with Crippen LogP contribution in [-0.4, -0.2) is 37.7 Å². The van der Waals surface area contributed by atoms with Crippen LogP contribution in [0.5, 0.6) is 5.75 Å². The van der Waals surface area contributed by atoms with Crippen LogP contribution in [0.3, 0.4) is 0 Å². The number of halogens is 1. The third kappa shape index (κ3) is 5.33. The highest BCUT2D eigenvalue weighted by atomic mass is 79.9. The summed E-state index contributed by atoms with van der Waals surface area (Å²) in [5.41, 5.74) is 2.47. The fraction of sp³-hybridized carbons (Fsp3) is 0.400. The average Bonchev–Trinajstić information content (AvgIpc) is 2.62. The molecule has 1 aliphatic heterocycles. The smallest absolute Gasteiger partial charge is 0.122 e. The summed E-state index contributed by atoms with van der Waals surface area (Å²) in [5, 5.41) is 0. The lowest BCUT2D eigenvalue weighted by Gasteiger charge is -2.26. The van der Waals surface area contributed by atoms with Crippen LogP contribution < -0.4 is 4.74 Å². The molecule has 0 saturated carbocycles. The summed E-state index contributed by atoms with van der Waals surface area (Å²) in [4.78, 5) is 2.48. The van der Waals surface area contributed by atoms with Crippen LogP contribution in [0.15, 0.2) is 53.0 Å². The number of hydrogen-bond donors (Lipinski definition) is 0. The Balaban J connectivity index is 1.52. The highest BCUT2D eigenvalue weighted by Crippen LogP contribution is 2.22. The highest BCUT2D eigenvalue weighted by Gasteiger charge is 2.10. The lowest BCUT2D eigenvalue weighted by Crippen LogP contribution is -2.36. The van der Waals surface area contributed by atoms with Crippen LogP contribution in [0.25, 0.3) is 0 Å². The van der Waals surface area contributed by atoms with Crippen molar-refractivity contribution in [2.75, 3.05) is 32.8 Å². The molecule has 1 saturated heterocycles. The van der Waals surface area contributed by atoms with Crippen molar-refractivity contribution in [1.82, 2.24) is 4.90 Å². The predicted octanol–water partition coefficient (Wildman–Crippen LogP) is 4.29. The lowest BCUT2D eigenvalue weighted by molar-refractivity contribution is 0.0374. The Labute approximate surface area is 152 Å². The van der Waals surface area contributed by atoms with Crippen molar-refractivity contribution in [2.24, 2.45) is 0 Å². The van der Waals surface area contributed by atoms with E-state index in [1.165, 1.54) is 11.1 Å². The fourth-order valence-electron chi connectivity index (χ4n) is 2.96. The first-order valence-electron chi connectivity index (χ1n) is 8.56. The molecule has 0 bridgehead atoms. The molecule has 0 N–H and O–H groups in total. The number of ether oxygens (including phenoxy) is 2. The van der Waals surface area contributed by atoms with E-state index in [2.05, 4.69) is 51.2 Å². The van der Waals surface area contributed by atoms with Crippen molar-refractivity contribution in [2.45, 2.75) is 19.4 Å². The largest absolute Gasteiger partial charge is 0.489 e. The molecule has 0 unspecified atom stereocenters. The van der Waals surface area contributed by atoms with Crippen molar-refractivity contribution >= 4 is 15.9 Å². The van der Waals surface area contributed by atoms with E-state index in [1.54, 1.807) is 0 Å². The molecule has 0 radical (unpaired) electrons. The first-order chi connectivity index (χ1) is 11.8. The van der Waals surface area contributed by atoms with E-state index in [9.17, 15) is 0 Å². The van der Waals surface area contributed by atoms with Gasteiger partial charge in [0.2, 0.25) is 0 Å². The van der Waals surface area contributed by atoms with E-state index >= 15 is 0 Å². The molecule has 3 rings (SSSR count). The third-order valence-corrected chi connectivity index (χ3v) is 4.77. The molecule has 0 spiro atoms. The molecular formula is C20H24BrNO2. The minimum absolute atomic E-state index is 0.597. The third-order valence-electron chi connectivity index (χ3n) is 4.28. The molecule has 3 nitrogen and oxygen atoms in total. The number of para-hydroxylation sites is 1. The molecule has 0 aliphatic carbocycles. The second-order valence-corrected chi connectivity index (χ2v) is 7.00. The Morgan fingerprint density at radius 2 is 1.88 bits per heavy atom. The van der Waals surface area contributed by atoms with Crippen LogP contribution in [0.1, 0.15) is 17.5 Å². The number of aryl methyl sites for hydroxylation is 1. The van der Waals surface area contributed by atoms with Crippen molar-refractivity contribution in [1.29, 1.82) is 0 Å². The van der Waals surface area contributed by atoms with Crippen molar-refractivity contribution in [3.8, 4) is 5.75 Å². The minimum atomic E-state index is 0.597. The Hall–Kier alpha value is -1.36. The minimum Gasteiger partial charge on any atom is -0.489 e. The van der Waals surface area contributed by atoms with Gasteiger partial charge in [-0.2, -0.15) is 0 Å². The number of hydrogen-bond acceptors (Lipinski definition) is 3. The fourth-order valence-corrected chi connectivity index (χ4v) is 3.40. The van der Waals surface area contributed by atoms with Crippen LogP contribution in [0.4, 0.5) is 0 Å². The van der Waals surface area contributed by atoms with Crippen molar-refractivity contribution < 1.29 is 9.47 Å². The molecule has 1 aliphatic rings. The van der Waals surface area contributed by atoms with Gasteiger partial charge in [0, 0.05) is 17.6 Å². The molecule has 128 valence electrons. The molecular weight excluding hydrogens is 366 g/mol. The maximum Gasteiger partial charge on any atom is 0.122 e. The van der Waals surface area contributed by atoms with Crippen LogP contribution in [0.2, 0.25) is 0 Å². The summed E-state index contributed by atoms with van der Waals surface area (Å²) in [6, 6.07) is 16.6. The zero-order chi connectivity index (χ0) is 16.6. The highest BCUT2D eigenvalue weighted by molar-refractivity contribution is 9.10. The molecule has 24 heavy (non-hydrogen) atoms. The maximum absolute atomic E-state index is 6.07. The van der Waals surface area contributed by atoms with Gasteiger partial charge in [-0.1, -0.05) is 46.3 Å². The van der Waals surface area contributed by atoms with Gasteiger partial charge in [0.1, 0.15) is 12.4 Å². The molecule has 0 amide bonds. The standard InChI is InChI=1S/C20H24BrNO2/c21-19-8-3-5-17(15-19)16-24-20-9-2-1-6-18(20)7-4-10-22-11-13-23-14-12-22/h1-3,5-6,8-9,15H,4,7,10-14,16H2. The quantitative estimate of drug-likeness (QED) is 0.704. The number of rotatable bonds is 7. The summed E-state index contributed by atoms with van der Waals surface area (Å²) < 4.78 is 12.6. The SMILES string of the molecule is Brc1cccc(COc2ccccc2CCCN2CCOCC2)c1. The second-order valence-electron chi connectivity index (χ2n) is 6.08. The molecule has 4 heteroatoms. The van der Waals surface area contributed by atoms with Crippen LogP contribution in [0, 0.1) is 0 Å². The van der Waals surface area contributed by atoms with Crippen LogP contribution >= 0.6 is 15.9 Å². The Morgan fingerprint density at radius 1 is 1.04 bits per heavy atom. The van der Waals surface area contributed by atoms with Gasteiger partial charge in [0.15, 0.2) is 0 Å². The van der Waals surface area contributed by atoms with Gasteiger partial charge in [0.05, 0.1) is 13.2 Å². The van der Waals surface area contributed by atoms with Crippen molar-refractivity contribution in [3.05, 3.63) is 64.1 Å². The van der Waals surface area contributed by atoms with E-state index < -0.39 is 0 Å². The van der Waals surface area contributed by atoms with Gasteiger partial charge in [-0.3, -0.25) is 4.90 Å². The second kappa shape index (κ2) is 9.21. The summed E-state index contributed by atoms with van der Waals surface area (Å²) in [5.74, 6) is 0.999. The molecule has 1 fully saturated rings. The van der Waals surface area contributed by atoms with E-state index in [1.807, 2.05) is 18.2 Å². The first-order valence-corrected chi connectivity index (χ1v) is 9.36. The van der Waals surface area contributed by atoms with Gasteiger partial charge >= 0.3 is 0 Å². The zero-order valence-electron chi connectivity index (χ0n) is 13.9. The number of benzene rings is 2. The van der Waals surface area contributed by atoms with Gasteiger partial charge < -0.3 is 9.47 Å². The maximum atomic E-state index is 6.07. The van der Waals surface area contributed by atoms with Gasteiger partial charge in [0.25, 0.3) is 0 Å². The van der Waals surface area contributed by atoms with E-state index in [-0.39, 0.29) is 0 Å². The predicted molar refractivity (Wildman–Crippen MR) is 100 cm³/mol. The average molecular weight is 390 g/mol. The number of morpholine rings is 1. The van der Waals surface area contributed by atoms with E-state index in [4.69, 9.17) is 9.47 Å². The normalized spacial score (nSPS) is 15.4. The molecule has 1 heterocycles. The Bertz CT molecular complexity index is 641. The zero-order valence-corrected chi connectivity index (χ0v) is 15.5. The van der Waals surface area contributed by atoms with Gasteiger partial charge in [-0.05, 0) is 48.7 Å². The monoisotopic (exact) mass is 389 g/mol. The summed E-state index contributed by atoms with van der Waals surface area (Å²) >= 11 is 3.51. The first kappa shape index (κ1) is 17.5. The molecule has 0 aromatic heterocycles. The Kier molecular flexibility index (Phi) is 6.70. The molecule has 2 aromatic rings. The van der Waals surface area contributed by atoms with Gasteiger partial charge in [-0.15, -0.1) is 0 Å². The van der Waals surface area contributed by atoms with E-state index in [0.717, 1.165) is 55.9 Å². The summed E-state index contributed by atoms with van der Waals surface area (Å²) in [6.07, 6.45) is 2.20. The number of nitrogens with zero attached hydrogens (tertiary/aromatic N) is 1. The summed E-state index contributed by atoms with van der Waals surface area (Å²) in [6.45, 7) is 5.57. The Morgan fingerprint density at radius 3 is 2.71 bits per heavy atom. The lowest BCUT2D eigenvalue weighted by atomic mass is 10.1. The topological polar surface area (TPSA) is 21.7 Å². The van der Waals surface area contributed by atoms with Gasteiger partial charge in [-0.25, -0.2) is 0 Å². The van der Waals surface area contributed by atoms with Crippen LogP contribution in [-0.2, 0) is 17.8 Å². The molecule has 2 aromatic carbocycles. The van der Waals surface area contributed by atoms with Crippen molar-refractivity contribution in [3.63, 3.8) is 0 Å². The van der Waals surface area contributed by atoms with E-state index in [0.29, 0.717) is 6.61 Å².